The fourth-order valence-electron chi connectivity index (χ4n) is 1.81. The number of hydrogen-bond acceptors (Lipinski definition) is 2. The van der Waals surface area contributed by atoms with Crippen molar-refractivity contribution in [1.29, 1.82) is 0 Å². The van der Waals surface area contributed by atoms with Crippen molar-refractivity contribution >= 4 is 29.9 Å². The van der Waals surface area contributed by atoms with Gasteiger partial charge < -0.3 is 15.4 Å². The van der Waals surface area contributed by atoms with Crippen LogP contribution < -0.4 is 10.6 Å². The van der Waals surface area contributed by atoms with Crippen molar-refractivity contribution in [2.75, 3.05) is 26.3 Å². The summed E-state index contributed by atoms with van der Waals surface area (Å²) in [5.74, 6) is 0.865. The molecule has 0 amide bonds. The summed E-state index contributed by atoms with van der Waals surface area (Å²) >= 11 is 0. The van der Waals surface area contributed by atoms with Gasteiger partial charge in [0.2, 0.25) is 0 Å². The average molecular weight is 419 g/mol. The highest BCUT2D eigenvalue weighted by Gasteiger charge is 1.98. The van der Waals surface area contributed by atoms with Crippen LogP contribution in [0.15, 0.2) is 29.3 Å². The second kappa shape index (κ2) is 13.8. The molecule has 0 saturated heterocycles. The van der Waals surface area contributed by atoms with Crippen molar-refractivity contribution in [2.45, 2.75) is 40.2 Å². The molecule has 0 saturated carbocycles. The minimum Gasteiger partial charge on any atom is -0.380 e. The third-order valence-corrected chi connectivity index (χ3v) is 3.11. The van der Waals surface area contributed by atoms with Crippen molar-refractivity contribution in [2.24, 2.45) is 4.99 Å². The zero-order chi connectivity index (χ0) is 15.3. The van der Waals surface area contributed by atoms with Crippen LogP contribution in [0.25, 0.3) is 0 Å². The molecule has 0 bridgehead atoms. The van der Waals surface area contributed by atoms with Crippen LogP contribution in [0.2, 0.25) is 0 Å². The lowest BCUT2D eigenvalue weighted by Crippen LogP contribution is -2.39. The SMILES string of the molecule is CCCCNC(=NCc1ccc(C)cc1)NCCOCC.I. The van der Waals surface area contributed by atoms with Gasteiger partial charge in [0, 0.05) is 19.7 Å². The van der Waals surface area contributed by atoms with E-state index >= 15 is 0 Å². The van der Waals surface area contributed by atoms with Crippen molar-refractivity contribution in [3.05, 3.63) is 35.4 Å². The quantitative estimate of drug-likeness (QED) is 0.279. The van der Waals surface area contributed by atoms with Crippen LogP contribution in [0, 0.1) is 6.92 Å². The molecule has 2 N–H and O–H groups in total. The van der Waals surface area contributed by atoms with E-state index in [-0.39, 0.29) is 24.0 Å². The number of nitrogens with one attached hydrogen (secondary N) is 2. The van der Waals surface area contributed by atoms with Crippen LogP contribution in [0.1, 0.15) is 37.8 Å². The van der Waals surface area contributed by atoms with Gasteiger partial charge >= 0.3 is 0 Å². The molecule has 5 heteroatoms. The van der Waals surface area contributed by atoms with Crippen LogP contribution in [-0.2, 0) is 11.3 Å². The Morgan fingerprint density at radius 1 is 1.09 bits per heavy atom. The molecular formula is C17H30IN3O. The molecule has 1 aromatic rings. The summed E-state index contributed by atoms with van der Waals surface area (Å²) in [4.78, 5) is 4.63. The minimum atomic E-state index is 0. The van der Waals surface area contributed by atoms with Crippen LogP contribution in [-0.4, -0.2) is 32.3 Å². The Morgan fingerprint density at radius 3 is 2.41 bits per heavy atom. The molecule has 0 aliphatic rings. The molecule has 4 nitrogen and oxygen atoms in total. The van der Waals surface area contributed by atoms with Crippen molar-refractivity contribution in [1.82, 2.24) is 10.6 Å². The van der Waals surface area contributed by atoms with Gasteiger partial charge in [0.1, 0.15) is 0 Å². The maximum Gasteiger partial charge on any atom is 0.191 e. The molecule has 0 aromatic heterocycles. The van der Waals surface area contributed by atoms with E-state index in [1.807, 2.05) is 6.92 Å². The monoisotopic (exact) mass is 419 g/mol. The number of rotatable bonds is 9. The molecule has 0 aliphatic heterocycles. The van der Waals surface area contributed by atoms with E-state index in [9.17, 15) is 0 Å². The number of aliphatic imine (C=N–C) groups is 1. The van der Waals surface area contributed by atoms with Gasteiger partial charge in [-0.1, -0.05) is 43.2 Å². The molecule has 22 heavy (non-hydrogen) atoms. The predicted molar refractivity (Wildman–Crippen MR) is 105 cm³/mol. The first-order valence-electron chi connectivity index (χ1n) is 7.91. The summed E-state index contributed by atoms with van der Waals surface area (Å²) in [6.45, 7) is 10.2. The Labute approximate surface area is 152 Å². The minimum absolute atomic E-state index is 0. The highest BCUT2D eigenvalue weighted by molar-refractivity contribution is 14.0. The third-order valence-electron chi connectivity index (χ3n) is 3.11. The van der Waals surface area contributed by atoms with E-state index < -0.39 is 0 Å². The largest absolute Gasteiger partial charge is 0.380 e. The highest BCUT2D eigenvalue weighted by Crippen LogP contribution is 2.04. The first-order valence-corrected chi connectivity index (χ1v) is 7.91. The van der Waals surface area contributed by atoms with Gasteiger partial charge in [0.05, 0.1) is 13.2 Å². The number of benzene rings is 1. The van der Waals surface area contributed by atoms with Gasteiger partial charge in [-0.05, 0) is 25.8 Å². The number of unbranched alkanes of at least 4 members (excludes halogenated alkanes) is 1. The summed E-state index contributed by atoms with van der Waals surface area (Å²) in [5, 5.41) is 6.67. The van der Waals surface area contributed by atoms with E-state index in [1.54, 1.807) is 0 Å². The summed E-state index contributed by atoms with van der Waals surface area (Å²) < 4.78 is 5.34. The van der Waals surface area contributed by atoms with E-state index in [2.05, 4.69) is 53.7 Å². The Hall–Kier alpha value is -0.820. The second-order valence-electron chi connectivity index (χ2n) is 5.05. The molecule has 0 aliphatic carbocycles. The van der Waals surface area contributed by atoms with Crippen molar-refractivity contribution < 1.29 is 4.74 Å². The molecular weight excluding hydrogens is 389 g/mol. The summed E-state index contributed by atoms with van der Waals surface area (Å²) in [6, 6.07) is 8.50. The lowest BCUT2D eigenvalue weighted by atomic mass is 10.1. The standard InChI is InChI=1S/C17H29N3O.HI/c1-4-6-11-18-17(19-12-13-21-5-2)20-14-16-9-7-15(3)8-10-16;/h7-10H,4-6,11-14H2,1-3H3,(H2,18,19,20);1H. The van der Waals surface area contributed by atoms with Gasteiger partial charge in [-0.3, -0.25) is 0 Å². The van der Waals surface area contributed by atoms with Crippen molar-refractivity contribution in [3.63, 3.8) is 0 Å². The number of aryl methyl sites for hydroxylation is 1. The maximum atomic E-state index is 5.34. The van der Waals surface area contributed by atoms with Crippen LogP contribution in [0.5, 0.6) is 0 Å². The van der Waals surface area contributed by atoms with Crippen LogP contribution in [0.4, 0.5) is 0 Å². The summed E-state index contributed by atoms with van der Waals surface area (Å²) in [5.41, 5.74) is 2.50. The lowest BCUT2D eigenvalue weighted by Gasteiger charge is -2.12. The lowest BCUT2D eigenvalue weighted by molar-refractivity contribution is 0.152. The Morgan fingerprint density at radius 2 is 1.77 bits per heavy atom. The molecule has 126 valence electrons. The van der Waals surface area contributed by atoms with Crippen molar-refractivity contribution in [3.8, 4) is 0 Å². The zero-order valence-electron chi connectivity index (χ0n) is 14.0. The topological polar surface area (TPSA) is 45.7 Å². The van der Waals surface area contributed by atoms with E-state index in [0.29, 0.717) is 13.2 Å². The fourth-order valence-corrected chi connectivity index (χ4v) is 1.81. The van der Waals surface area contributed by atoms with Gasteiger partial charge in [-0.25, -0.2) is 4.99 Å². The average Bonchev–Trinajstić information content (AvgIpc) is 2.50. The Bertz CT molecular complexity index is 407. The predicted octanol–water partition coefficient (Wildman–Crippen LogP) is 3.48. The fraction of sp³-hybridized carbons (Fsp3) is 0.588. The second-order valence-corrected chi connectivity index (χ2v) is 5.05. The molecule has 0 atom stereocenters. The first kappa shape index (κ1) is 21.2. The zero-order valence-corrected chi connectivity index (χ0v) is 16.4. The van der Waals surface area contributed by atoms with Gasteiger partial charge in [0.25, 0.3) is 0 Å². The smallest absolute Gasteiger partial charge is 0.191 e. The molecule has 0 spiro atoms. The summed E-state index contributed by atoms with van der Waals surface area (Å²) in [7, 11) is 0. The van der Waals surface area contributed by atoms with E-state index in [4.69, 9.17) is 4.74 Å². The number of guanidine groups is 1. The number of ether oxygens (including phenoxy) is 1. The van der Waals surface area contributed by atoms with Crippen LogP contribution in [0.3, 0.4) is 0 Å². The number of nitrogens with zero attached hydrogens (tertiary/aromatic N) is 1. The van der Waals surface area contributed by atoms with Gasteiger partial charge in [0.15, 0.2) is 5.96 Å². The van der Waals surface area contributed by atoms with E-state index in [1.165, 1.54) is 17.5 Å². The molecule has 1 aromatic carbocycles. The molecule has 0 heterocycles. The van der Waals surface area contributed by atoms with Gasteiger partial charge in [-0.2, -0.15) is 0 Å². The van der Waals surface area contributed by atoms with Gasteiger partial charge in [-0.15, -0.1) is 24.0 Å². The third kappa shape index (κ3) is 10.00. The maximum absolute atomic E-state index is 5.34. The molecule has 0 unspecified atom stereocenters. The molecule has 0 radical (unpaired) electrons. The highest BCUT2D eigenvalue weighted by atomic mass is 127. The normalized spacial score (nSPS) is 11.0. The van der Waals surface area contributed by atoms with Crippen LogP contribution >= 0.6 is 24.0 Å². The first-order chi connectivity index (χ1) is 10.3. The molecule has 1 rings (SSSR count). The number of halogens is 1. The molecule has 0 fully saturated rings. The Balaban J connectivity index is 0.00000441. The summed E-state index contributed by atoms with van der Waals surface area (Å²) in [6.07, 6.45) is 2.33. The number of hydrogen-bond donors (Lipinski definition) is 2. The Kier molecular flexibility index (Phi) is 13.3. The van der Waals surface area contributed by atoms with E-state index in [0.717, 1.165) is 32.1 Å².